The molecule has 0 saturated carbocycles. The van der Waals surface area contributed by atoms with Crippen molar-refractivity contribution in [2.45, 2.75) is 18.8 Å². The van der Waals surface area contributed by atoms with Gasteiger partial charge in [0.15, 0.2) is 0 Å². The van der Waals surface area contributed by atoms with Crippen LogP contribution < -0.4 is 4.74 Å². The average Bonchev–Trinajstić information content (AvgIpc) is 3.21. The van der Waals surface area contributed by atoms with Gasteiger partial charge in [0.1, 0.15) is 31.2 Å². The monoisotopic (exact) mass is 444 g/mol. The maximum atomic E-state index is 12.6. The molecule has 1 atom stereocenters. The number of pyridine rings is 1. The van der Waals surface area contributed by atoms with E-state index in [0.717, 1.165) is 11.6 Å². The van der Waals surface area contributed by atoms with Crippen molar-refractivity contribution in [2.24, 2.45) is 0 Å². The van der Waals surface area contributed by atoms with Crippen LogP contribution in [0.25, 0.3) is 11.1 Å². The molecule has 1 aromatic carbocycles. The summed E-state index contributed by atoms with van der Waals surface area (Å²) in [5, 5.41) is 10.8. The van der Waals surface area contributed by atoms with E-state index in [1.54, 1.807) is 24.3 Å². The first-order valence-electron chi connectivity index (χ1n) is 9.38. The number of aromatic nitrogens is 3. The number of nitrogens with zero attached hydrogens (tertiary/aromatic N) is 4. The Balaban J connectivity index is 1.31. The highest BCUT2D eigenvalue weighted by atomic mass is 19.4. The zero-order valence-corrected chi connectivity index (χ0v) is 16.4. The minimum absolute atomic E-state index is 0.130. The predicted molar refractivity (Wildman–Crippen MR) is 106 cm³/mol. The van der Waals surface area contributed by atoms with Gasteiger partial charge in [0.2, 0.25) is 0 Å². The fourth-order valence-corrected chi connectivity index (χ4v) is 3.04. The topological polar surface area (TPSA) is 92.3 Å². The summed E-state index contributed by atoms with van der Waals surface area (Å²) < 4.78 is 50.4. The van der Waals surface area contributed by atoms with E-state index in [4.69, 9.17) is 9.47 Å². The maximum Gasteiger partial charge on any atom is 0.433 e. The lowest BCUT2D eigenvalue weighted by Crippen LogP contribution is -2.32. The van der Waals surface area contributed by atoms with Gasteiger partial charge in [-0.1, -0.05) is 30.0 Å². The van der Waals surface area contributed by atoms with E-state index in [1.165, 1.54) is 23.0 Å². The molecule has 0 fully saturated rings. The summed E-state index contributed by atoms with van der Waals surface area (Å²) in [5.74, 6) is 5.54. The molecule has 0 amide bonds. The van der Waals surface area contributed by atoms with Gasteiger partial charge in [-0.15, -0.1) is 0 Å². The molecule has 0 spiro atoms. The Morgan fingerprint density at radius 1 is 1.22 bits per heavy atom. The molecule has 2 aromatic heterocycles. The standard InChI is InChI=1S/C21H15F3N4O4/c22-21(23,24)18-8-7-16(10-25-18)15-5-3-14(4-6-15)2-1-9-31-17-11-27-12-19(28(29)30)26-20(27)32-13-17/h3-8,10,12,17H,9,11,13H2/t17-/m0/s1. The molecule has 3 heterocycles. The Morgan fingerprint density at radius 3 is 2.62 bits per heavy atom. The second-order valence-corrected chi connectivity index (χ2v) is 6.84. The lowest BCUT2D eigenvalue weighted by atomic mass is 10.1. The third kappa shape index (κ3) is 4.87. The van der Waals surface area contributed by atoms with Gasteiger partial charge in [-0.2, -0.15) is 13.2 Å². The minimum Gasteiger partial charge on any atom is -0.443 e. The summed E-state index contributed by atoms with van der Waals surface area (Å²) in [4.78, 5) is 17.4. The zero-order valence-electron chi connectivity index (χ0n) is 16.4. The van der Waals surface area contributed by atoms with Gasteiger partial charge in [0.25, 0.3) is 0 Å². The Labute approximate surface area is 179 Å². The number of imidazole rings is 1. The van der Waals surface area contributed by atoms with Crippen molar-refractivity contribution in [3.63, 3.8) is 0 Å². The van der Waals surface area contributed by atoms with Gasteiger partial charge >= 0.3 is 18.0 Å². The highest BCUT2D eigenvalue weighted by Gasteiger charge is 2.32. The van der Waals surface area contributed by atoms with Gasteiger partial charge in [0.05, 0.1) is 6.54 Å². The van der Waals surface area contributed by atoms with Crippen LogP contribution in [0.15, 0.2) is 48.8 Å². The van der Waals surface area contributed by atoms with Crippen molar-refractivity contribution in [3.05, 3.63) is 70.2 Å². The van der Waals surface area contributed by atoms with Gasteiger partial charge in [-0.05, 0) is 28.7 Å². The fraction of sp³-hybridized carbons (Fsp3) is 0.238. The van der Waals surface area contributed by atoms with Crippen molar-refractivity contribution in [1.29, 1.82) is 0 Å². The van der Waals surface area contributed by atoms with E-state index < -0.39 is 16.8 Å². The Morgan fingerprint density at radius 2 is 1.97 bits per heavy atom. The Bertz CT molecular complexity index is 1180. The van der Waals surface area contributed by atoms with Crippen LogP contribution >= 0.6 is 0 Å². The molecule has 0 bridgehead atoms. The zero-order chi connectivity index (χ0) is 22.7. The van der Waals surface area contributed by atoms with E-state index in [1.807, 2.05) is 0 Å². The number of benzene rings is 1. The Kier molecular flexibility index (Phi) is 5.79. The van der Waals surface area contributed by atoms with Crippen molar-refractivity contribution >= 4 is 5.82 Å². The van der Waals surface area contributed by atoms with E-state index in [-0.39, 0.29) is 31.1 Å². The van der Waals surface area contributed by atoms with E-state index >= 15 is 0 Å². The largest absolute Gasteiger partial charge is 0.443 e. The molecule has 0 radical (unpaired) electrons. The molecule has 0 unspecified atom stereocenters. The third-order valence-corrected chi connectivity index (χ3v) is 4.61. The van der Waals surface area contributed by atoms with Crippen LogP contribution in [-0.4, -0.2) is 38.8 Å². The van der Waals surface area contributed by atoms with Crippen LogP contribution in [0.5, 0.6) is 6.01 Å². The summed E-state index contributed by atoms with van der Waals surface area (Å²) >= 11 is 0. The molecule has 1 aliphatic rings. The lowest BCUT2D eigenvalue weighted by Gasteiger charge is -2.21. The molecule has 32 heavy (non-hydrogen) atoms. The van der Waals surface area contributed by atoms with Gasteiger partial charge in [0, 0.05) is 22.3 Å². The fourth-order valence-electron chi connectivity index (χ4n) is 3.04. The van der Waals surface area contributed by atoms with E-state index in [9.17, 15) is 23.3 Å². The molecule has 11 heteroatoms. The number of hydrogen-bond donors (Lipinski definition) is 0. The second kappa shape index (κ2) is 8.68. The van der Waals surface area contributed by atoms with E-state index in [2.05, 4.69) is 21.8 Å². The highest BCUT2D eigenvalue weighted by Crippen LogP contribution is 2.29. The summed E-state index contributed by atoms with van der Waals surface area (Å²) in [6, 6.07) is 9.50. The maximum absolute atomic E-state index is 12.6. The lowest BCUT2D eigenvalue weighted by molar-refractivity contribution is -0.389. The smallest absolute Gasteiger partial charge is 0.433 e. The van der Waals surface area contributed by atoms with Gasteiger partial charge in [-0.3, -0.25) is 9.55 Å². The number of halogens is 3. The summed E-state index contributed by atoms with van der Waals surface area (Å²) in [5.41, 5.74) is 1.06. The molecule has 0 aliphatic carbocycles. The Hall–Kier alpha value is -3.91. The quantitative estimate of drug-likeness (QED) is 0.346. The molecule has 3 aromatic rings. The van der Waals surface area contributed by atoms with Crippen molar-refractivity contribution < 1.29 is 27.6 Å². The van der Waals surface area contributed by atoms with Crippen molar-refractivity contribution in [2.75, 3.05) is 13.2 Å². The molecule has 4 rings (SSSR count). The normalized spacial score (nSPS) is 15.3. The highest BCUT2D eigenvalue weighted by molar-refractivity contribution is 5.63. The van der Waals surface area contributed by atoms with Crippen LogP contribution in [0.1, 0.15) is 11.3 Å². The number of nitro groups is 1. The number of hydrogen-bond acceptors (Lipinski definition) is 6. The molecular weight excluding hydrogens is 429 g/mol. The SMILES string of the molecule is O=[N+]([O-])c1cn2c(n1)OC[C@@H](OCC#Cc1ccc(-c3ccc(C(F)(F)F)nc3)cc1)C2. The minimum atomic E-state index is -4.47. The summed E-state index contributed by atoms with van der Waals surface area (Å²) in [6.45, 7) is 0.712. The van der Waals surface area contributed by atoms with Crippen LogP contribution in [0.4, 0.5) is 19.0 Å². The van der Waals surface area contributed by atoms with Gasteiger partial charge < -0.3 is 19.6 Å². The van der Waals surface area contributed by atoms with Crippen molar-refractivity contribution in [3.8, 4) is 29.0 Å². The van der Waals surface area contributed by atoms with Crippen LogP contribution in [0.3, 0.4) is 0 Å². The summed E-state index contributed by atoms with van der Waals surface area (Å²) in [7, 11) is 0. The second-order valence-electron chi connectivity index (χ2n) is 6.84. The number of rotatable bonds is 4. The molecule has 1 aliphatic heterocycles. The molecule has 0 N–H and O–H groups in total. The number of ether oxygens (including phenoxy) is 2. The van der Waals surface area contributed by atoms with Crippen LogP contribution in [0.2, 0.25) is 0 Å². The third-order valence-electron chi connectivity index (χ3n) is 4.61. The average molecular weight is 444 g/mol. The molecule has 8 nitrogen and oxygen atoms in total. The predicted octanol–water partition coefficient (Wildman–Crippen LogP) is 3.70. The molecule has 0 saturated heterocycles. The number of alkyl halides is 3. The van der Waals surface area contributed by atoms with Gasteiger partial charge in [-0.25, -0.2) is 0 Å². The van der Waals surface area contributed by atoms with Crippen LogP contribution in [0, 0.1) is 22.0 Å². The molecular formula is C21H15F3N4O4. The van der Waals surface area contributed by atoms with E-state index in [0.29, 0.717) is 17.7 Å². The summed E-state index contributed by atoms with van der Waals surface area (Å²) in [6.07, 6.45) is -2.31. The first kappa shape index (κ1) is 21.3. The first-order chi connectivity index (χ1) is 15.3. The first-order valence-corrected chi connectivity index (χ1v) is 9.38. The molecule has 164 valence electrons. The van der Waals surface area contributed by atoms with Crippen LogP contribution in [-0.2, 0) is 17.5 Å². The number of fused-ring (bicyclic) bond motifs is 1. The van der Waals surface area contributed by atoms with Crippen molar-refractivity contribution in [1.82, 2.24) is 14.5 Å².